The van der Waals surface area contributed by atoms with Crippen molar-refractivity contribution in [3.8, 4) is 0 Å². The molecule has 1 aliphatic heterocycles. The van der Waals surface area contributed by atoms with Crippen LogP contribution < -0.4 is 15.5 Å². The predicted molar refractivity (Wildman–Crippen MR) is 101 cm³/mol. The molecule has 1 aliphatic rings. The number of hydrogen-bond donors (Lipinski definition) is 2. The molecule has 0 spiro atoms. The van der Waals surface area contributed by atoms with Crippen molar-refractivity contribution in [3.63, 3.8) is 0 Å². The molecule has 1 heterocycles. The van der Waals surface area contributed by atoms with Crippen LogP contribution in [0.5, 0.6) is 0 Å². The van der Waals surface area contributed by atoms with Crippen LogP contribution in [0.2, 0.25) is 5.02 Å². The van der Waals surface area contributed by atoms with Gasteiger partial charge in [0.1, 0.15) is 5.82 Å². The van der Waals surface area contributed by atoms with Crippen molar-refractivity contribution in [1.29, 1.82) is 0 Å². The van der Waals surface area contributed by atoms with Gasteiger partial charge in [-0.15, -0.1) is 0 Å². The number of amides is 3. The van der Waals surface area contributed by atoms with E-state index in [-0.39, 0.29) is 35.7 Å². The van der Waals surface area contributed by atoms with Gasteiger partial charge in [-0.25, -0.2) is 4.39 Å². The van der Waals surface area contributed by atoms with Crippen molar-refractivity contribution in [2.45, 2.75) is 13.3 Å². The van der Waals surface area contributed by atoms with Crippen LogP contribution in [0.1, 0.15) is 13.3 Å². The molecule has 2 N–H and O–H groups in total. The van der Waals surface area contributed by atoms with Crippen molar-refractivity contribution < 1.29 is 18.8 Å². The summed E-state index contributed by atoms with van der Waals surface area (Å²) in [6, 6.07) is 10.7. The summed E-state index contributed by atoms with van der Waals surface area (Å²) >= 11 is 5.77. The summed E-state index contributed by atoms with van der Waals surface area (Å²) in [5.74, 6) is -1.79. The predicted octanol–water partition coefficient (Wildman–Crippen LogP) is 3.43. The fourth-order valence-electron chi connectivity index (χ4n) is 2.87. The van der Waals surface area contributed by atoms with Gasteiger partial charge < -0.3 is 15.5 Å². The number of halogens is 2. The zero-order valence-corrected chi connectivity index (χ0v) is 15.2. The molecule has 0 bridgehead atoms. The Morgan fingerprint density at radius 2 is 1.74 bits per heavy atom. The van der Waals surface area contributed by atoms with Crippen LogP contribution >= 0.6 is 11.6 Å². The minimum absolute atomic E-state index is 0.0603. The van der Waals surface area contributed by atoms with E-state index in [0.29, 0.717) is 17.1 Å². The maximum absolute atomic E-state index is 13.3. The smallest absolute Gasteiger partial charge is 0.229 e. The Hall–Kier alpha value is -2.93. The lowest BCUT2D eigenvalue weighted by molar-refractivity contribution is -0.122. The second-order valence-electron chi connectivity index (χ2n) is 6.25. The van der Waals surface area contributed by atoms with Crippen LogP contribution in [0, 0.1) is 11.7 Å². The maximum Gasteiger partial charge on any atom is 0.229 e. The molecule has 8 heteroatoms. The van der Waals surface area contributed by atoms with E-state index in [2.05, 4.69) is 10.6 Å². The van der Waals surface area contributed by atoms with Gasteiger partial charge in [-0.1, -0.05) is 11.6 Å². The first kappa shape index (κ1) is 18.8. The zero-order valence-electron chi connectivity index (χ0n) is 14.5. The number of anilines is 3. The Balaban J connectivity index is 1.65. The maximum atomic E-state index is 13.3. The van der Waals surface area contributed by atoms with Gasteiger partial charge in [-0.3, -0.25) is 14.4 Å². The summed E-state index contributed by atoms with van der Waals surface area (Å²) in [7, 11) is 0. The molecule has 0 aromatic heterocycles. The average Bonchev–Trinajstić information content (AvgIpc) is 3.00. The molecule has 27 heavy (non-hydrogen) atoms. The lowest BCUT2D eigenvalue weighted by Gasteiger charge is -2.17. The lowest BCUT2D eigenvalue weighted by atomic mass is 10.1. The Morgan fingerprint density at radius 1 is 1.11 bits per heavy atom. The van der Waals surface area contributed by atoms with Crippen molar-refractivity contribution in [2.24, 2.45) is 5.92 Å². The van der Waals surface area contributed by atoms with Gasteiger partial charge in [0.25, 0.3) is 0 Å². The van der Waals surface area contributed by atoms with E-state index >= 15 is 0 Å². The van der Waals surface area contributed by atoms with Gasteiger partial charge in [-0.2, -0.15) is 0 Å². The summed E-state index contributed by atoms with van der Waals surface area (Å²) < 4.78 is 13.3. The second kappa shape index (κ2) is 7.75. The Labute approximate surface area is 160 Å². The van der Waals surface area contributed by atoms with Crippen LogP contribution in [0.4, 0.5) is 21.5 Å². The third kappa shape index (κ3) is 4.43. The van der Waals surface area contributed by atoms with E-state index in [1.165, 1.54) is 30.0 Å². The Morgan fingerprint density at radius 3 is 2.33 bits per heavy atom. The molecule has 140 valence electrons. The summed E-state index contributed by atoms with van der Waals surface area (Å²) in [4.78, 5) is 37.2. The summed E-state index contributed by atoms with van der Waals surface area (Å²) in [5, 5.41) is 5.32. The normalized spacial score (nSPS) is 16.3. The molecule has 1 saturated heterocycles. The van der Waals surface area contributed by atoms with Crippen LogP contribution in [0.25, 0.3) is 0 Å². The molecule has 0 unspecified atom stereocenters. The van der Waals surface area contributed by atoms with Gasteiger partial charge in [0, 0.05) is 37.0 Å². The molecule has 0 radical (unpaired) electrons. The first-order valence-electron chi connectivity index (χ1n) is 8.27. The number of hydrogen-bond acceptors (Lipinski definition) is 3. The monoisotopic (exact) mass is 389 g/mol. The molecule has 2 aromatic rings. The number of nitrogens with one attached hydrogen (secondary N) is 2. The SMILES string of the molecule is CC(=O)Nc1ccc(NC(=O)[C@H]2CC(=O)N(c3ccc(F)c(Cl)c3)C2)cc1. The van der Waals surface area contributed by atoms with Crippen LogP contribution in [0.3, 0.4) is 0 Å². The van der Waals surface area contributed by atoms with E-state index in [9.17, 15) is 18.8 Å². The van der Waals surface area contributed by atoms with Crippen LogP contribution in [-0.4, -0.2) is 24.3 Å². The minimum Gasteiger partial charge on any atom is -0.326 e. The molecular weight excluding hydrogens is 373 g/mol. The van der Waals surface area contributed by atoms with Gasteiger partial charge >= 0.3 is 0 Å². The van der Waals surface area contributed by atoms with Gasteiger partial charge in [0.05, 0.1) is 10.9 Å². The highest BCUT2D eigenvalue weighted by Crippen LogP contribution is 2.29. The third-order valence-corrected chi connectivity index (χ3v) is 4.47. The van der Waals surface area contributed by atoms with E-state index in [0.717, 1.165) is 0 Å². The first-order chi connectivity index (χ1) is 12.8. The molecule has 1 fully saturated rings. The molecule has 3 amide bonds. The topological polar surface area (TPSA) is 78.5 Å². The van der Waals surface area contributed by atoms with Crippen LogP contribution in [-0.2, 0) is 14.4 Å². The minimum atomic E-state index is -0.566. The summed E-state index contributed by atoms with van der Waals surface area (Å²) in [6.07, 6.45) is 0.0603. The summed E-state index contributed by atoms with van der Waals surface area (Å²) in [6.45, 7) is 1.60. The average molecular weight is 390 g/mol. The quantitative estimate of drug-likeness (QED) is 0.840. The van der Waals surface area contributed by atoms with E-state index in [1.807, 2.05) is 0 Å². The highest BCUT2D eigenvalue weighted by Gasteiger charge is 2.35. The molecule has 6 nitrogen and oxygen atoms in total. The van der Waals surface area contributed by atoms with Crippen molar-refractivity contribution in [2.75, 3.05) is 22.1 Å². The van der Waals surface area contributed by atoms with Gasteiger partial charge in [0.15, 0.2) is 0 Å². The highest BCUT2D eigenvalue weighted by atomic mass is 35.5. The second-order valence-corrected chi connectivity index (χ2v) is 6.66. The standard InChI is InChI=1S/C19H17ClFN3O3/c1-11(25)22-13-2-4-14(5-3-13)23-19(27)12-8-18(26)24(10-12)15-6-7-17(21)16(20)9-15/h2-7,9,12H,8,10H2,1H3,(H,22,25)(H,23,27)/t12-/m0/s1. The highest BCUT2D eigenvalue weighted by molar-refractivity contribution is 6.31. The van der Waals surface area contributed by atoms with Gasteiger partial charge in [0.2, 0.25) is 17.7 Å². The van der Waals surface area contributed by atoms with Crippen molar-refractivity contribution >= 4 is 46.4 Å². The number of nitrogens with zero attached hydrogens (tertiary/aromatic N) is 1. The number of benzene rings is 2. The van der Waals surface area contributed by atoms with Crippen LogP contribution in [0.15, 0.2) is 42.5 Å². The fourth-order valence-corrected chi connectivity index (χ4v) is 3.04. The van der Waals surface area contributed by atoms with E-state index in [1.54, 1.807) is 24.3 Å². The number of carbonyl (C=O) groups excluding carboxylic acids is 3. The molecule has 0 aliphatic carbocycles. The molecular formula is C19H17ClFN3O3. The molecule has 0 saturated carbocycles. The Bertz CT molecular complexity index is 902. The van der Waals surface area contributed by atoms with Crippen molar-refractivity contribution in [1.82, 2.24) is 0 Å². The Kier molecular flexibility index (Phi) is 5.41. The zero-order chi connectivity index (χ0) is 19.6. The first-order valence-corrected chi connectivity index (χ1v) is 8.65. The third-order valence-electron chi connectivity index (χ3n) is 4.18. The lowest BCUT2D eigenvalue weighted by Crippen LogP contribution is -2.28. The van der Waals surface area contributed by atoms with Gasteiger partial charge in [-0.05, 0) is 42.5 Å². The van der Waals surface area contributed by atoms with E-state index < -0.39 is 11.7 Å². The number of rotatable bonds is 4. The fraction of sp³-hybridized carbons (Fsp3) is 0.211. The van der Waals surface area contributed by atoms with Crippen molar-refractivity contribution in [3.05, 3.63) is 53.3 Å². The van der Waals surface area contributed by atoms with E-state index in [4.69, 9.17) is 11.6 Å². The molecule has 2 aromatic carbocycles. The molecule has 1 atom stereocenters. The number of carbonyl (C=O) groups is 3. The largest absolute Gasteiger partial charge is 0.326 e. The summed E-state index contributed by atoms with van der Waals surface area (Å²) in [5.41, 5.74) is 1.64. The molecule has 3 rings (SSSR count).